The number of halogens is 1. The minimum Gasteiger partial charge on any atom is -0.491 e. The number of thioether (sulfide) groups is 1. The second-order valence-corrected chi connectivity index (χ2v) is 7.01. The van der Waals surface area contributed by atoms with Crippen molar-refractivity contribution in [1.82, 2.24) is 5.32 Å². The summed E-state index contributed by atoms with van der Waals surface area (Å²) in [5, 5.41) is 3.59. The van der Waals surface area contributed by atoms with Gasteiger partial charge in [-0.15, -0.1) is 11.8 Å². The molecule has 0 fully saturated rings. The molecule has 0 bridgehead atoms. The number of rotatable bonds is 8. The molecule has 1 N–H and O–H groups in total. The van der Waals surface area contributed by atoms with Crippen LogP contribution in [0.25, 0.3) is 0 Å². The molecule has 24 heavy (non-hydrogen) atoms. The summed E-state index contributed by atoms with van der Waals surface area (Å²) < 4.78 is 5.69. The van der Waals surface area contributed by atoms with Gasteiger partial charge in [0.1, 0.15) is 12.4 Å². The van der Waals surface area contributed by atoms with E-state index in [9.17, 15) is 4.79 Å². The minimum atomic E-state index is 0.0197. The van der Waals surface area contributed by atoms with Gasteiger partial charge in [-0.2, -0.15) is 0 Å². The fourth-order valence-corrected chi connectivity index (χ4v) is 3.27. The Labute approximate surface area is 152 Å². The average Bonchev–Trinajstić information content (AvgIpc) is 2.53. The van der Waals surface area contributed by atoms with E-state index >= 15 is 0 Å². The van der Waals surface area contributed by atoms with E-state index in [0.29, 0.717) is 18.9 Å². The van der Waals surface area contributed by atoms with Crippen molar-refractivity contribution >= 4 is 29.3 Å². The van der Waals surface area contributed by atoms with Gasteiger partial charge in [-0.1, -0.05) is 41.4 Å². The van der Waals surface area contributed by atoms with Gasteiger partial charge in [0.25, 0.3) is 0 Å². The SMILES string of the molecule is Cc1ccc(OCCNC(=O)CSCc2cccc(Cl)c2)c(C)c1. The quantitative estimate of drug-likeness (QED) is 0.707. The maximum atomic E-state index is 11.8. The van der Waals surface area contributed by atoms with Crippen LogP contribution in [0.5, 0.6) is 5.75 Å². The largest absolute Gasteiger partial charge is 0.491 e. The molecule has 1 amide bonds. The number of hydrogen-bond donors (Lipinski definition) is 1. The van der Waals surface area contributed by atoms with E-state index in [1.807, 2.05) is 43.3 Å². The van der Waals surface area contributed by atoms with Crippen molar-refractivity contribution in [1.29, 1.82) is 0 Å². The van der Waals surface area contributed by atoms with Crippen molar-refractivity contribution in [2.45, 2.75) is 19.6 Å². The van der Waals surface area contributed by atoms with Crippen LogP contribution < -0.4 is 10.1 Å². The molecular weight excluding hydrogens is 342 g/mol. The molecule has 0 aromatic heterocycles. The highest BCUT2D eigenvalue weighted by atomic mass is 35.5. The zero-order valence-corrected chi connectivity index (χ0v) is 15.5. The number of ether oxygens (including phenoxy) is 1. The summed E-state index contributed by atoms with van der Waals surface area (Å²) in [6.07, 6.45) is 0. The van der Waals surface area contributed by atoms with Crippen molar-refractivity contribution in [3.05, 3.63) is 64.2 Å². The Hall–Kier alpha value is -1.65. The zero-order valence-electron chi connectivity index (χ0n) is 14.0. The minimum absolute atomic E-state index is 0.0197. The number of carbonyl (C=O) groups excluding carboxylic acids is 1. The number of aryl methyl sites for hydroxylation is 2. The van der Waals surface area contributed by atoms with Crippen molar-refractivity contribution in [2.24, 2.45) is 0 Å². The monoisotopic (exact) mass is 363 g/mol. The van der Waals surface area contributed by atoms with Crippen LogP contribution in [0, 0.1) is 13.8 Å². The molecule has 2 rings (SSSR count). The topological polar surface area (TPSA) is 38.3 Å². The second kappa shape index (κ2) is 9.60. The van der Waals surface area contributed by atoms with Gasteiger partial charge in [0, 0.05) is 10.8 Å². The Morgan fingerprint density at radius 1 is 1.21 bits per heavy atom. The highest BCUT2D eigenvalue weighted by molar-refractivity contribution is 7.99. The van der Waals surface area contributed by atoms with Crippen LogP contribution in [0.2, 0.25) is 5.02 Å². The third kappa shape index (κ3) is 6.46. The molecule has 0 unspecified atom stereocenters. The fraction of sp³-hybridized carbons (Fsp3) is 0.316. The van der Waals surface area contributed by atoms with Crippen molar-refractivity contribution in [3.8, 4) is 5.75 Å². The highest BCUT2D eigenvalue weighted by Gasteiger charge is 2.03. The van der Waals surface area contributed by atoms with Crippen LogP contribution in [0.4, 0.5) is 0 Å². The van der Waals surface area contributed by atoms with Crippen LogP contribution >= 0.6 is 23.4 Å². The van der Waals surface area contributed by atoms with Crippen LogP contribution in [0.1, 0.15) is 16.7 Å². The lowest BCUT2D eigenvalue weighted by Crippen LogP contribution is -2.29. The first kappa shape index (κ1) is 18.7. The lowest BCUT2D eigenvalue weighted by Gasteiger charge is -2.10. The summed E-state index contributed by atoms with van der Waals surface area (Å²) in [5.41, 5.74) is 3.45. The third-order valence-corrected chi connectivity index (χ3v) is 4.64. The van der Waals surface area contributed by atoms with Crippen LogP contribution in [-0.2, 0) is 10.5 Å². The van der Waals surface area contributed by atoms with Gasteiger partial charge >= 0.3 is 0 Å². The molecule has 2 aromatic rings. The number of benzene rings is 2. The fourth-order valence-electron chi connectivity index (χ4n) is 2.25. The molecular formula is C19H22ClNO2S. The van der Waals surface area contributed by atoms with Crippen molar-refractivity contribution < 1.29 is 9.53 Å². The van der Waals surface area contributed by atoms with E-state index in [0.717, 1.165) is 27.7 Å². The average molecular weight is 364 g/mol. The third-order valence-electron chi connectivity index (χ3n) is 3.40. The lowest BCUT2D eigenvalue weighted by molar-refractivity contribution is -0.118. The molecule has 0 aliphatic carbocycles. The summed E-state index contributed by atoms with van der Waals surface area (Å²) in [5.74, 6) is 2.08. The van der Waals surface area contributed by atoms with E-state index in [4.69, 9.17) is 16.3 Å². The number of nitrogens with one attached hydrogen (secondary N) is 1. The van der Waals surface area contributed by atoms with Crippen LogP contribution in [0.3, 0.4) is 0 Å². The Kier molecular flexibility index (Phi) is 7.47. The Morgan fingerprint density at radius 3 is 2.79 bits per heavy atom. The van der Waals surface area contributed by atoms with E-state index < -0.39 is 0 Å². The molecule has 128 valence electrons. The van der Waals surface area contributed by atoms with E-state index in [-0.39, 0.29) is 5.91 Å². The van der Waals surface area contributed by atoms with Crippen molar-refractivity contribution in [2.75, 3.05) is 18.9 Å². The predicted octanol–water partition coefficient (Wildman–Crippen LogP) is 4.39. The maximum absolute atomic E-state index is 11.8. The molecule has 0 spiro atoms. The van der Waals surface area contributed by atoms with Gasteiger partial charge in [0.15, 0.2) is 0 Å². The molecule has 0 saturated carbocycles. The molecule has 0 saturated heterocycles. The van der Waals surface area contributed by atoms with Gasteiger partial charge in [0.05, 0.1) is 12.3 Å². The molecule has 2 aromatic carbocycles. The highest BCUT2D eigenvalue weighted by Crippen LogP contribution is 2.18. The first-order valence-electron chi connectivity index (χ1n) is 7.83. The zero-order chi connectivity index (χ0) is 17.4. The molecule has 0 atom stereocenters. The van der Waals surface area contributed by atoms with Gasteiger partial charge in [-0.25, -0.2) is 0 Å². The van der Waals surface area contributed by atoms with Gasteiger partial charge in [-0.3, -0.25) is 4.79 Å². The predicted molar refractivity (Wildman–Crippen MR) is 102 cm³/mol. The van der Waals surface area contributed by atoms with Gasteiger partial charge in [0.2, 0.25) is 5.91 Å². The first-order valence-corrected chi connectivity index (χ1v) is 9.37. The Bertz CT molecular complexity index is 691. The van der Waals surface area contributed by atoms with E-state index in [1.165, 1.54) is 5.56 Å². The van der Waals surface area contributed by atoms with Gasteiger partial charge in [-0.05, 0) is 43.2 Å². The Morgan fingerprint density at radius 2 is 2.04 bits per heavy atom. The smallest absolute Gasteiger partial charge is 0.230 e. The second-order valence-electron chi connectivity index (χ2n) is 5.59. The van der Waals surface area contributed by atoms with E-state index in [2.05, 4.69) is 18.3 Å². The standard InChI is InChI=1S/C19H22ClNO2S/c1-14-6-7-18(15(2)10-14)23-9-8-21-19(22)13-24-12-16-4-3-5-17(20)11-16/h3-7,10-11H,8-9,12-13H2,1-2H3,(H,21,22). The number of amides is 1. The van der Waals surface area contributed by atoms with Crippen LogP contribution in [-0.4, -0.2) is 24.8 Å². The van der Waals surface area contributed by atoms with Crippen molar-refractivity contribution in [3.63, 3.8) is 0 Å². The number of hydrogen-bond acceptors (Lipinski definition) is 3. The van der Waals surface area contributed by atoms with E-state index in [1.54, 1.807) is 11.8 Å². The summed E-state index contributed by atoms with van der Waals surface area (Å²) >= 11 is 7.51. The Balaban J connectivity index is 1.61. The summed E-state index contributed by atoms with van der Waals surface area (Å²) in [7, 11) is 0. The maximum Gasteiger partial charge on any atom is 0.230 e. The normalized spacial score (nSPS) is 10.5. The lowest BCUT2D eigenvalue weighted by atomic mass is 10.1. The molecule has 3 nitrogen and oxygen atoms in total. The molecule has 5 heteroatoms. The van der Waals surface area contributed by atoms with Gasteiger partial charge < -0.3 is 10.1 Å². The van der Waals surface area contributed by atoms with Crippen LogP contribution in [0.15, 0.2) is 42.5 Å². The molecule has 0 aliphatic heterocycles. The number of carbonyl (C=O) groups is 1. The summed E-state index contributed by atoms with van der Waals surface area (Å²) in [6, 6.07) is 13.8. The first-order chi connectivity index (χ1) is 11.5. The molecule has 0 radical (unpaired) electrons. The summed E-state index contributed by atoms with van der Waals surface area (Å²) in [4.78, 5) is 11.8. The molecule has 0 aliphatic rings. The molecule has 0 heterocycles. The summed E-state index contributed by atoms with van der Waals surface area (Å²) in [6.45, 7) is 5.05.